The van der Waals surface area contributed by atoms with Crippen LogP contribution in [0.5, 0.6) is 0 Å². The largest absolute Gasteiger partial charge is 0.416 e. The van der Waals surface area contributed by atoms with Gasteiger partial charge in [0.15, 0.2) is 0 Å². The highest BCUT2D eigenvalue weighted by Gasteiger charge is 2.30. The van der Waals surface area contributed by atoms with Crippen LogP contribution in [0.1, 0.15) is 36.1 Å². The zero-order chi connectivity index (χ0) is 22.0. The molecule has 0 saturated carbocycles. The highest BCUT2D eigenvalue weighted by Crippen LogP contribution is 2.30. The van der Waals surface area contributed by atoms with Crippen molar-refractivity contribution in [3.63, 3.8) is 0 Å². The minimum absolute atomic E-state index is 0.0248. The number of aromatic amines is 1. The lowest BCUT2D eigenvalue weighted by Crippen LogP contribution is -2.41. The van der Waals surface area contributed by atoms with Crippen LogP contribution in [0.15, 0.2) is 29.1 Å². The predicted octanol–water partition coefficient (Wildman–Crippen LogP) is 2.78. The summed E-state index contributed by atoms with van der Waals surface area (Å²) in [6.07, 6.45) is -0.594. The minimum Gasteiger partial charge on any atom is -0.342 e. The van der Waals surface area contributed by atoms with Crippen molar-refractivity contribution in [1.82, 2.24) is 14.9 Å². The SMILES string of the molecule is O=C(CN1CCc2nc(N3CCCCC3)[nH]c(=O)c2C1)Nc1cccc(C(F)(F)F)c1. The molecule has 0 bridgehead atoms. The topological polar surface area (TPSA) is 81.3 Å². The van der Waals surface area contributed by atoms with Gasteiger partial charge in [-0.05, 0) is 37.5 Å². The van der Waals surface area contributed by atoms with Crippen molar-refractivity contribution < 1.29 is 18.0 Å². The number of H-pyrrole nitrogens is 1. The Kier molecular flexibility index (Phi) is 5.99. The Labute approximate surface area is 177 Å². The molecule has 2 aromatic rings. The highest BCUT2D eigenvalue weighted by molar-refractivity contribution is 5.92. The van der Waals surface area contributed by atoms with Gasteiger partial charge < -0.3 is 10.2 Å². The summed E-state index contributed by atoms with van der Waals surface area (Å²) in [7, 11) is 0. The minimum atomic E-state index is -4.47. The van der Waals surface area contributed by atoms with Crippen molar-refractivity contribution in [1.29, 1.82) is 0 Å². The van der Waals surface area contributed by atoms with Gasteiger partial charge in [0.2, 0.25) is 11.9 Å². The molecule has 1 saturated heterocycles. The summed E-state index contributed by atoms with van der Waals surface area (Å²) in [4.78, 5) is 36.4. The van der Waals surface area contributed by atoms with Gasteiger partial charge in [0, 0.05) is 38.3 Å². The van der Waals surface area contributed by atoms with Crippen LogP contribution in [0, 0.1) is 0 Å². The molecule has 1 fully saturated rings. The molecule has 0 unspecified atom stereocenters. The number of carbonyl (C=O) groups excluding carboxylic acids is 1. The first-order valence-electron chi connectivity index (χ1n) is 10.4. The zero-order valence-corrected chi connectivity index (χ0v) is 17.0. The molecule has 3 heterocycles. The van der Waals surface area contributed by atoms with E-state index in [0.717, 1.165) is 43.8 Å². The van der Waals surface area contributed by atoms with Crippen LogP contribution in [-0.4, -0.2) is 47.0 Å². The quantitative estimate of drug-likeness (QED) is 0.772. The number of hydrogen-bond acceptors (Lipinski definition) is 5. The monoisotopic (exact) mass is 435 g/mol. The Balaban J connectivity index is 1.40. The normalized spacial score (nSPS) is 17.3. The standard InChI is InChI=1S/C21H24F3N5O2/c22-21(23,24)14-5-4-6-15(11-14)25-18(30)13-28-10-7-17-16(12-28)19(31)27-20(26-17)29-8-2-1-3-9-29/h4-6,11H,1-3,7-10,12-13H2,(H,25,30)(H,26,27,31). The fourth-order valence-electron chi connectivity index (χ4n) is 4.04. The molecule has 0 spiro atoms. The Morgan fingerprint density at radius 3 is 2.68 bits per heavy atom. The van der Waals surface area contributed by atoms with Crippen LogP contribution in [0.3, 0.4) is 0 Å². The molecule has 0 aliphatic carbocycles. The Hall–Kier alpha value is -2.88. The maximum atomic E-state index is 12.8. The van der Waals surface area contributed by atoms with E-state index < -0.39 is 17.6 Å². The predicted molar refractivity (Wildman–Crippen MR) is 110 cm³/mol. The number of fused-ring (bicyclic) bond motifs is 1. The first-order valence-corrected chi connectivity index (χ1v) is 10.4. The molecule has 0 radical (unpaired) electrons. The number of hydrogen-bond donors (Lipinski definition) is 2. The van der Waals surface area contributed by atoms with E-state index in [9.17, 15) is 22.8 Å². The summed E-state index contributed by atoms with van der Waals surface area (Å²) < 4.78 is 38.5. The van der Waals surface area contributed by atoms with Crippen molar-refractivity contribution in [2.45, 2.75) is 38.4 Å². The maximum Gasteiger partial charge on any atom is 0.416 e. The number of anilines is 2. The van der Waals surface area contributed by atoms with Crippen LogP contribution in [-0.2, 0) is 23.9 Å². The fraction of sp³-hybridized carbons (Fsp3) is 0.476. The fourth-order valence-corrected chi connectivity index (χ4v) is 4.04. The van der Waals surface area contributed by atoms with Gasteiger partial charge in [0.25, 0.3) is 5.56 Å². The van der Waals surface area contributed by atoms with Gasteiger partial charge in [-0.1, -0.05) is 6.07 Å². The van der Waals surface area contributed by atoms with Crippen molar-refractivity contribution in [3.05, 3.63) is 51.4 Å². The lowest BCUT2D eigenvalue weighted by Gasteiger charge is -2.30. The number of halogens is 3. The van der Waals surface area contributed by atoms with Crippen LogP contribution in [0.2, 0.25) is 0 Å². The summed E-state index contributed by atoms with van der Waals surface area (Å²) in [5.41, 5.74) is 0.355. The van der Waals surface area contributed by atoms with E-state index in [4.69, 9.17) is 0 Å². The summed E-state index contributed by atoms with van der Waals surface area (Å²) in [5.74, 6) is 0.177. The molecule has 2 aliphatic heterocycles. The molecule has 1 aromatic heterocycles. The zero-order valence-electron chi connectivity index (χ0n) is 17.0. The lowest BCUT2D eigenvalue weighted by atomic mass is 10.1. The molecule has 2 N–H and O–H groups in total. The Bertz CT molecular complexity index is 1010. The van der Waals surface area contributed by atoms with Gasteiger partial charge in [-0.15, -0.1) is 0 Å². The highest BCUT2D eigenvalue weighted by atomic mass is 19.4. The Morgan fingerprint density at radius 1 is 1.16 bits per heavy atom. The van der Waals surface area contributed by atoms with Gasteiger partial charge in [-0.3, -0.25) is 19.5 Å². The van der Waals surface area contributed by atoms with Crippen molar-refractivity contribution in [3.8, 4) is 0 Å². The van der Waals surface area contributed by atoms with Crippen molar-refractivity contribution in [2.24, 2.45) is 0 Å². The van der Waals surface area contributed by atoms with Gasteiger partial charge >= 0.3 is 6.18 Å². The third kappa shape index (κ3) is 5.07. The number of carbonyl (C=O) groups is 1. The summed E-state index contributed by atoms with van der Waals surface area (Å²) in [6, 6.07) is 4.52. The smallest absolute Gasteiger partial charge is 0.342 e. The van der Waals surface area contributed by atoms with Crippen LogP contribution < -0.4 is 15.8 Å². The van der Waals surface area contributed by atoms with E-state index in [1.807, 2.05) is 0 Å². The van der Waals surface area contributed by atoms with Crippen molar-refractivity contribution >= 4 is 17.5 Å². The number of alkyl halides is 3. The molecule has 2 aliphatic rings. The Morgan fingerprint density at radius 2 is 1.94 bits per heavy atom. The van der Waals surface area contributed by atoms with E-state index in [0.29, 0.717) is 24.5 Å². The van der Waals surface area contributed by atoms with Gasteiger partial charge in [0.1, 0.15) is 0 Å². The first-order chi connectivity index (χ1) is 14.8. The molecule has 1 amide bonds. The number of aromatic nitrogens is 2. The van der Waals surface area contributed by atoms with Crippen LogP contribution in [0.25, 0.3) is 0 Å². The maximum absolute atomic E-state index is 12.8. The number of amides is 1. The second-order valence-corrected chi connectivity index (χ2v) is 7.95. The van der Waals surface area contributed by atoms with Gasteiger partial charge in [-0.2, -0.15) is 13.2 Å². The van der Waals surface area contributed by atoms with E-state index in [2.05, 4.69) is 20.2 Å². The summed E-state index contributed by atoms with van der Waals surface area (Å²) in [6.45, 7) is 2.54. The number of rotatable bonds is 4. The molecule has 0 atom stereocenters. The van der Waals surface area contributed by atoms with Crippen LogP contribution in [0.4, 0.5) is 24.8 Å². The van der Waals surface area contributed by atoms with Crippen LogP contribution >= 0.6 is 0 Å². The van der Waals surface area contributed by atoms with E-state index in [-0.39, 0.29) is 24.3 Å². The second kappa shape index (κ2) is 8.70. The third-order valence-corrected chi connectivity index (χ3v) is 5.63. The van der Waals surface area contributed by atoms with E-state index in [1.165, 1.54) is 18.6 Å². The molecule has 166 valence electrons. The summed E-state index contributed by atoms with van der Waals surface area (Å²) in [5, 5.41) is 2.50. The number of nitrogens with one attached hydrogen (secondary N) is 2. The number of nitrogens with zero attached hydrogens (tertiary/aromatic N) is 3. The molecule has 1 aromatic carbocycles. The second-order valence-electron chi connectivity index (χ2n) is 7.95. The molecule has 7 nitrogen and oxygen atoms in total. The molecule has 31 heavy (non-hydrogen) atoms. The van der Waals surface area contributed by atoms with E-state index in [1.54, 1.807) is 4.90 Å². The summed E-state index contributed by atoms with van der Waals surface area (Å²) >= 11 is 0. The average molecular weight is 435 g/mol. The first kappa shape index (κ1) is 21.4. The average Bonchev–Trinajstić information content (AvgIpc) is 2.74. The lowest BCUT2D eigenvalue weighted by molar-refractivity contribution is -0.137. The van der Waals surface area contributed by atoms with Crippen molar-refractivity contribution in [2.75, 3.05) is 36.4 Å². The molecular formula is C21H24F3N5O2. The number of piperidine rings is 1. The molecular weight excluding hydrogens is 411 g/mol. The van der Waals surface area contributed by atoms with Gasteiger partial charge in [-0.25, -0.2) is 4.98 Å². The molecule has 10 heteroatoms. The third-order valence-electron chi connectivity index (χ3n) is 5.63. The van der Waals surface area contributed by atoms with E-state index >= 15 is 0 Å². The number of benzene rings is 1. The molecule has 4 rings (SSSR count). The van der Waals surface area contributed by atoms with Gasteiger partial charge in [0.05, 0.1) is 23.4 Å².